The normalized spacial score (nSPS) is 22.1. The number of carbonyl (C=O) groups excluding carboxylic acids is 2. The average molecular weight is 443 g/mol. The summed E-state index contributed by atoms with van der Waals surface area (Å²) in [5.41, 5.74) is 1.52. The number of amides is 2. The molecule has 0 spiro atoms. The van der Waals surface area contributed by atoms with Gasteiger partial charge >= 0.3 is 0 Å². The summed E-state index contributed by atoms with van der Waals surface area (Å²) >= 11 is 8.09. The van der Waals surface area contributed by atoms with E-state index in [4.69, 9.17) is 11.6 Å². The van der Waals surface area contributed by atoms with E-state index in [2.05, 4.69) is 5.32 Å². The van der Waals surface area contributed by atoms with E-state index in [1.165, 1.54) is 19.3 Å². The zero-order valence-electron chi connectivity index (χ0n) is 16.9. The van der Waals surface area contributed by atoms with E-state index in [1.54, 1.807) is 23.9 Å². The quantitative estimate of drug-likeness (QED) is 0.699. The molecule has 1 aliphatic heterocycles. The summed E-state index contributed by atoms with van der Waals surface area (Å²) in [6.45, 7) is 0.461. The number of nitrogens with zero attached hydrogens (tertiary/aromatic N) is 1. The Morgan fingerprint density at radius 1 is 1.00 bits per heavy atom. The number of benzene rings is 2. The predicted octanol–water partition coefficient (Wildman–Crippen LogP) is 5.12. The molecule has 1 heterocycles. The maximum absolute atomic E-state index is 13.6. The Kier molecular flexibility index (Phi) is 7.00. The number of hydrogen-bond acceptors (Lipinski definition) is 3. The highest BCUT2D eigenvalue weighted by Crippen LogP contribution is 2.41. The van der Waals surface area contributed by atoms with E-state index in [-0.39, 0.29) is 17.2 Å². The Morgan fingerprint density at radius 3 is 2.43 bits per heavy atom. The van der Waals surface area contributed by atoms with Crippen LogP contribution < -0.4 is 5.32 Å². The van der Waals surface area contributed by atoms with Crippen molar-refractivity contribution in [1.82, 2.24) is 10.2 Å². The van der Waals surface area contributed by atoms with Gasteiger partial charge in [-0.25, -0.2) is 0 Å². The first-order valence-electron chi connectivity index (χ1n) is 10.7. The third kappa shape index (κ3) is 4.68. The largest absolute Gasteiger partial charge is 0.350 e. The van der Waals surface area contributed by atoms with Crippen LogP contribution in [0.4, 0.5) is 0 Å². The minimum Gasteiger partial charge on any atom is -0.350 e. The maximum Gasteiger partial charge on any atom is 0.256 e. The zero-order chi connectivity index (χ0) is 20.9. The smallest absolute Gasteiger partial charge is 0.256 e. The van der Waals surface area contributed by atoms with Gasteiger partial charge in [-0.3, -0.25) is 9.59 Å². The highest BCUT2D eigenvalue weighted by molar-refractivity contribution is 8.00. The van der Waals surface area contributed by atoms with Gasteiger partial charge in [0.1, 0.15) is 6.04 Å². The minimum atomic E-state index is -0.477. The molecule has 158 valence electrons. The van der Waals surface area contributed by atoms with Crippen LogP contribution in [0.15, 0.2) is 54.6 Å². The lowest BCUT2D eigenvalue weighted by molar-refractivity contribution is -0.125. The van der Waals surface area contributed by atoms with Gasteiger partial charge < -0.3 is 10.2 Å². The summed E-state index contributed by atoms with van der Waals surface area (Å²) < 4.78 is 0. The summed E-state index contributed by atoms with van der Waals surface area (Å²) in [6.07, 6.45) is 5.87. The molecular weight excluding hydrogens is 416 g/mol. The zero-order valence-corrected chi connectivity index (χ0v) is 18.5. The monoisotopic (exact) mass is 442 g/mol. The number of hydrogen-bond donors (Lipinski definition) is 1. The molecule has 1 saturated carbocycles. The van der Waals surface area contributed by atoms with Crippen LogP contribution in [0.3, 0.4) is 0 Å². The first-order chi connectivity index (χ1) is 14.6. The molecule has 2 amide bonds. The highest BCUT2D eigenvalue weighted by Gasteiger charge is 2.45. The lowest BCUT2D eigenvalue weighted by Crippen LogP contribution is -2.51. The summed E-state index contributed by atoms with van der Waals surface area (Å²) in [7, 11) is 0. The Hall–Kier alpha value is -1.98. The summed E-state index contributed by atoms with van der Waals surface area (Å²) in [5.74, 6) is 0.825. The van der Waals surface area contributed by atoms with Crippen molar-refractivity contribution in [2.24, 2.45) is 5.92 Å². The molecule has 2 unspecified atom stereocenters. The molecular formula is C24H27ClN2O2S. The lowest BCUT2D eigenvalue weighted by atomic mass is 9.88. The van der Waals surface area contributed by atoms with Crippen LogP contribution in [-0.4, -0.2) is 33.9 Å². The molecule has 2 fully saturated rings. The van der Waals surface area contributed by atoms with E-state index < -0.39 is 6.04 Å². The molecule has 4 rings (SSSR count). The van der Waals surface area contributed by atoms with E-state index in [0.29, 0.717) is 28.8 Å². The Balaban J connectivity index is 1.55. The molecule has 0 bridgehead atoms. The minimum absolute atomic E-state index is 0.0292. The first kappa shape index (κ1) is 21.3. The molecule has 1 aliphatic carbocycles. The molecule has 2 aromatic carbocycles. The van der Waals surface area contributed by atoms with E-state index in [9.17, 15) is 9.59 Å². The van der Waals surface area contributed by atoms with Gasteiger partial charge in [-0.15, -0.1) is 11.8 Å². The summed E-state index contributed by atoms with van der Waals surface area (Å²) in [4.78, 5) is 28.5. The van der Waals surface area contributed by atoms with Crippen LogP contribution in [0, 0.1) is 5.92 Å². The van der Waals surface area contributed by atoms with Crippen LogP contribution in [0.5, 0.6) is 0 Å². The maximum atomic E-state index is 13.6. The van der Waals surface area contributed by atoms with Crippen LogP contribution >= 0.6 is 23.4 Å². The van der Waals surface area contributed by atoms with Gasteiger partial charge in [0, 0.05) is 12.3 Å². The molecule has 0 radical (unpaired) electrons. The van der Waals surface area contributed by atoms with Crippen LogP contribution in [0.2, 0.25) is 5.02 Å². The second-order valence-corrected chi connectivity index (χ2v) is 9.59. The van der Waals surface area contributed by atoms with Gasteiger partial charge in [0.2, 0.25) is 5.91 Å². The third-order valence-electron chi connectivity index (χ3n) is 6.04. The van der Waals surface area contributed by atoms with Gasteiger partial charge in [0.25, 0.3) is 5.91 Å². The third-order valence-corrected chi connectivity index (χ3v) is 7.83. The van der Waals surface area contributed by atoms with Gasteiger partial charge in [-0.05, 0) is 36.5 Å². The van der Waals surface area contributed by atoms with Crippen LogP contribution in [0.25, 0.3) is 0 Å². The molecule has 2 aromatic rings. The first-order valence-corrected chi connectivity index (χ1v) is 12.1. The number of thioether (sulfide) groups is 1. The molecule has 1 N–H and O–H groups in total. The van der Waals surface area contributed by atoms with Crippen molar-refractivity contribution in [3.8, 4) is 0 Å². The summed E-state index contributed by atoms with van der Waals surface area (Å²) in [6, 6.07) is 16.5. The second-order valence-electron chi connectivity index (χ2n) is 8.03. The summed E-state index contributed by atoms with van der Waals surface area (Å²) in [5, 5.41) is 3.50. The Morgan fingerprint density at radius 2 is 1.70 bits per heavy atom. The van der Waals surface area contributed by atoms with E-state index >= 15 is 0 Å². The van der Waals surface area contributed by atoms with Crippen LogP contribution in [0.1, 0.15) is 48.0 Å². The number of halogens is 1. The van der Waals surface area contributed by atoms with Gasteiger partial charge in [0.15, 0.2) is 0 Å². The van der Waals surface area contributed by atoms with Crippen molar-refractivity contribution < 1.29 is 9.59 Å². The Bertz CT molecular complexity index is 886. The fraction of sp³-hybridized carbons (Fsp3) is 0.417. The standard InChI is InChI=1S/C24H27ClN2O2S/c25-20-14-8-7-13-19(20)23(29)27-21(16-30-24(27)18-11-5-2-6-12-18)22(28)26-15-17-9-3-1-4-10-17/h1,3-4,7-10,13-14,18,21,24H,2,5-6,11-12,15-16H2,(H,26,28). The van der Waals surface area contributed by atoms with Gasteiger partial charge in [-0.2, -0.15) is 0 Å². The van der Waals surface area contributed by atoms with E-state index in [0.717, 1.165) is 18.4 Å². The predicted molar refractivity (Wildman–Crippen MR) is 123 cm³/mol. The van der Waals surface area contributed by atoms with Crippen molar-refractivity contribution in [2.75, 3.05) is 5.75 Å². The highest BCUT2D eigenvalue weighted by atomic mass is 35.5. The molecule has 30 heavy (non-hydrogen) atoms. The van der Waals surface area contributed by atoms with Crippen molar-refractivity contribution in [2.45, 2.75) is 50.1 Å². The van der Waals surface area contributed by atoms with Crippen molar-refractivity contribution in [1.29, 1.82) is 0 Å². The fourth-order valence-corrected chi connectivity index (χ4v) is 6.30. The molecule has 2 aliphatic rings. The second kappa shape index (κ2) is 9.88. The van der Waals surface area contributed by atoms with Crippen LogP contribution in [-0.2, 0) is 11.3 Å². The molecule has 0 aromatic heterocycles. The van der Waals surface area contributed by atoms with Crippen molar-refractivity contribution >= 4 is 35.2 Å². The molecule has 2 atom stereocenters. The topological polar surface area (TPSA) is 49.4 Å². The van der Waals surface area contributed by atoms with Crippen molar-refractivity contribution in [3.05, 3.63) is 70.7 Å². The van der Waals surface area contributed by atoms with Gasteiger partial charge in [-0.1, -0.05) is 73.3 Å². The van der Waals surface area contributed by atoms with Crippen molar-refractivity contribution in [3.63, 3.8) is 0 Å². The Labute approximate surface area is 187 Å². The van der Waals surface area contributed by atoms with E-state index in [1.807, 2.05) is 47.4 Å². The fourth-order valence-electron chi connectivity index (χ4n) is 4.45. The average Bonchev–Trinajstić information content (AvgIpc) is 3.24. The SMILES string of the molecule is O=C(NCc1ccccc1)C1CSC(C2CCCCC2)N1C(=O)c1ccccc1Cl. The number of carbonyl (C=O) groups is 2. The van der Waals surface area contributed by atoms with Gasteiger partial charge in [0.05, 0.1) is 16.0 Å². The molecule has 4 nitrogen and oxygen atoms in total. The number of rotatable bonds is 5. The lowest BCUT2D eigenvalue weighted by Gasteiger charge is -2.35. The number of nitrogens with one attached hydrogen (secondary N) is 1. The molecule has 6 heteroatoms. The molecule has 1 saturated heterocycles.